The molecule has 24 heavy (non-hydrogen) atoms. The van der Waals surface area contributed by atoms with E-state index < -0.39 is 12.6 Å². The highest BCUT2D eigenvalue weighted by atomic mass is 19.3. The minimum atomic E-state index is -3.02. The van der Waals surface area contributed by atoms with E-state index in [0.29, 0.717) is 5.56 Å². The molecule has 0 bridgehead atoms. The SMILES string of the molecule is CCCc1ccc(C=NN=Cc2ccc(C(F)C(F)F)cc2)cc1. The van der Waals surface area contributed by atoms with Gasteiger partial charge in [-0.05, 0) is 28.7 Å². The van der Waals surface area contributed by atoms with Crippen LogP contribution in [0.15, 0.2) is 58.7 Å². The van der Waals surface area contributed by atoms with E-state index in [1.165, 1.54) is 36.0 Å². The summed E-state index contributed by atoms with van der Waals surface area (Å²) in [6, 6.07) is 13.8. The molecule has 0 heterocycles. The Bertz CT molecular complexity index is 677. The largest absolute Gasteiger partial charge is 0.273 e. The first kappa shape index (κ1) is 17.9. The molecule has 0 saturated carbocycles. The van der Waals surface area contributed by atoms with Crippen molar-refractivity contribution in [3.05, 3.63) is 70.8 Å². The predicted octanol–water partition coefficient (Wildman–Crippen LogP) is 5.37. The zero-order valence-electron chi connectivity index (χ0n) is 13.4. The molecule has 2 aromatic carbocycles. The lowest BCUT2D eigenvalue weighted by molar-refractivity contribution is 0.0496. The van der Waals surface area contributed by atoms with Crippen LogP contribution >= 0.6 is 0 Å². The Balaban J connectivity index is 1.93. The third-order valence-corrected chi connectivity index (χ3v) is 3.47. The lowest BCUT2D eigenvalue weighted by Gasteiger charge is -2.06. The normalized spacial score (nSPS) is 13.2. The van der Waals surface area contributed by atoms with Crippen molar-refractivity contribution >= 4 is 12.4 Å². The lowest BCUT2D eigenvalue weighted by Crippen LogP contribution is -2.02. The standard InChI is InChI=1S/C19H19F3N2/c1-2-3-14-4-6-15(7-5-14)12-23-24-13-16-8-10-17(11-9-16)18(20)19(21)22/h4-13,18-19H,2-3H2,1H3. The molecule has 0 saturated heterocycles. The first-order valence-electron chi connectivity index (χ1n) is 7.77. The van der Waals surface area contributed by atoms with Crippen LogP contribution in [0.5, 0.6) is 0 Å². The molecule has 0 fully saturated rings. The maximum atomic E-state index is 13.2. The maximum absolute atomic E-state index is 13.2. The van der Waals surface area contributed by atoms with Crippen LogP contribution in [-0.4, -0.2) is 18.9 Å². The van der Waals surface area contributed by atoms with Crippen molar-refractivity contribution in [3.63, 3.8) is 0 Å². The summed E-state index contributed by atoms with van der Waals surface area (Å²) in [5.41, 5.74) is 2.85. The summed E-state index contributed by atoms with van der Waals surface area (Å²) >= 11 is 0. The number of nitrogens with zero attached hydrogens (tertiary/aromatic N) is 2. The van der Waals surface area contributed by atoms with Crippen molar-refractivity contribution in [1.29, 1.82) is 0 Å². The van der Waals surface area contributed by atoms with Gasteiger partial charge in [0.2, 0.25) is 0 Å². The van der Waals surface area contributed by atoms with E-state index in [2.05, 4.69) is 29.3 Å². The molecule has 0 aliphatic carbocycles. The van der Waals surface area contributed by atoms with Gasteiger partial charge in [0, 0.05) is 0 Å². The zero-order chi connectivity index (χ0) is 17.4. The number of halogens is 3. The number of alkyl halides is 3. The molecule has 126 valence electrons. The molecule has 0 aromatic heterocycles. The van der Waals surface area contributed by atoms with Gasteiger partial charge < -0.3 is 0 Å². The van der Waals surface area contributed by atoms with Gasteiger partial charge in [-0.15, -0.1) is 0 Å². The van der Waals surface area contributed by atoms with Crippen molar-refractivity contribution in [1.82, 2.24) is 0 Å². The number of benzene rings is 2. The van der Waals surface area contributed by atoms with Crippen molar-refractivity contribution < 1.29 is 13.2 Å². The van der Waals surface area contributed by atoms with Crippen LogP contribution in [0.1, 0.15) is 41.8 Å². The molecular weight excluding hydrogens is 313 g/mol. The van der Waals surface area contributed by atoms with Crippen molar-refractivity contribution in [2.24, 2.45) is 10.2 Å². The predicted molar refractivity (Wildman–Crippen MR) is 91.9 cm³/mol. The third-order valence-electron chi connectivity index (χ3n) is 3.47. The monoisotopic (exact) mass is 332 g/mol. The Hall–Kier alpha value is -2.43. The highest BCUT2D eigenvalue weighted by Crippen LogP contribution is 2.24. The highest BCUT2D eigenvalue weighted by molar-refractivity contribution is 5.82. The smallest absolute Gasteiger partial charge is 0.236 e. The van der Waals surface area contributed by atoms with Crippen LogP contribution in [0, 0.1) is 0 Å². The molecule has 2 nitrogen and oxygen atoms in total. The zero-order valence-corrected chi connectivity index (χ0v) is 13.4. The van der Waals surface area contributed by atoms with Gasteiger partial charge in [0.1, 0.15) is 0 Å². The molecule has 5 heteroatoms. The molecule has 0 aliphatic rings. The molecule has 0 amide bonds. The molecule has 0 radical (unpaired) electrons. The van der Waals surface area contributed by atoms with Crippen LogP contribution in [0.4, 0.5) is 13.2 Å². The van der Waals surface area contributed by atoms with Crippen LogP contribution in [0.2, 0.25) is 0 Å². The fourth-order valence-electron chi connectivity index (χ4n) is 2.17. The fraction of sp³-hybridized carbons (Fsp3) is 0.263. The molecule has 2 aromatic rings. The summed E-state index contributed by atoms with van der Waals surface area (Å²) in [5, 5.41) is 7.86. The Morgan fingerprint density at radius 1 is 0.833 bits per heavy atom. The van der Waals surface area contributed by atoms with E-state index in [0.717, 1.165) is 18.4 Å². The summed E-state index contributed by atoms with van der Waals surface area (Å²) in [7, 11) is 0. The summed E-state index contributed by atoms with van der Waals surface area (Å²) in [5.74, 6) is 0. The minimum absolute atomic E-state index is 0.0437. The quantitative estimate of drug-likeness (QED) is 0.481. The van der Waals surface area contributed by atoms with Crippen LogP contribution in [-0.2, 0) is 6.42 Å². The summed E-state index contributed by atoms with van der Waals surface area (Å²) < 4.78 is 37.7. The van der Waals surface area contributed by atoms with Crippen LogP contribution in [0.3, 0.4) is 0 Å². The van der Waals surface area contributed by atoms with E-state index >= 15 is 0 Å². The molecule has 2 rings (SSSR count). The van der Waals surface area contributed by atoms with Crippen LogP contribution in [0.25, 0.3) is 0 Å². The Morgan fingerprint density at radius 3 is 1.79 bits per heavy atom. The highest BCUT2D eigenvalue weighted by Gasteiger charge is 2.20. The van der Waals surface area contributed by atoms with Gasteiger partial charge >= 0.3 is 0 Å². The third kappa shape index (κ3) is 5.33. The van der Waals surface area contributed by atoms with E-state index in [1.807, 2.05) is 12.1 Å². The first-order valence-corrected chi connectivity index (χ1v) is 7.77. The first-order chi connectivity index (χ1) is 11.6. The second kappa shape index (κ2) is 9.01. The summed E-state index contributed by atoms with van der Waals surface area (Å²) in [6.45, 7) is 2.14. The molecular formula is C19H19F3N2. The average Bonchev–Trinajstić information content (AvgIpc) is 2.60. The topological polar surface area (TPSA) is 24.7 Å². The maximum Gasteiger partial charge on any atom is 0.273 e. The van der Waals surface area contributed by atoms with Gasteiger partial charge in [0.15, 0.2) is 6.17 Å². The second-order valence-electron chi connectivity index (χ2n) is 5.38. The lowest BCUT2D eigenvalue weighted by atomic mass is 10.1. The second-order valence-corrected chi connectivity index (χ2v) is 5.38. The van der Waals surface area contributed by atoms with Gasteiger partial charge in [0.25, 0.3) is 6.43 Å². The van der Waals surface area contributed by atoms with Crippen molar-refractivity contribution in [2.45, 2.75) is 32.4 Å². The Kier molecular flexibility index (Phi) is 6.73. The van der Waals surface area contributed by atoms with Gasteiger partial charge in [-0.25, -0.2) is 13.2 Å². The Morgan fingerprint density at radius 2 is 1.33 bits per heavy atom. The van der Waals surface area contributed by atoms with Gasteiger partial charge in [-0.1, -0.05) is 61.9 Å². The molecule has 0 aliphatic heterocycles. The van der Waals surface area contributed by atoms with Gasteiger partial charge in [-0.2, -0.15) is 10.2 Å². The number of hydrogen-bond acceptors (Lipinski definition) is 2. The number of aryl methyl sites for hydroxylation is 1. The van der Waals surface area contributed by atoms with Gasteiger partial charge in [0.05, 0.1) is 12.4 Å². The summed E-state index contributed by atoms with van der Waals surface area (Å²) in [6.07, 6.45) is 0.00648. The Labute approximate surface area is 139 Å². The van der Waals surface area contributed by atoms with E-state index in [-0.39, 0.29) is 5.56 Å². The molecule has 1 atom stereocenters. The molecule has 1 unspecified atom stereocenters. The van der Waals surface area contributed by atoms with E-state index in [4.69, 9.17) is 0 Å². The van der Waals surface area contributed by atoms with Crippen LogP contribution < -0.4 is 0 Å². The van der Waals surface area contributed by atoms with Gasteiger partial charge in [-0.3, -0.25) is 0 Å². The average molecular weight is 332 g/mol. The molecule has 0 N–H and O–H groups in total. The number of rotatable bonds is 7. The summed E-state index contributed by atoms with van der Waals surface area (Å²) in [4.78, 5) is 0. The fourth-order valence-corrected chi connectivity index (χ4v) is 2.17. The van der Waals surface area contributed by atoms with Crippen molar-refractivity contribution in [3.8, 4) is 0 Å². The van der Waals surface area contributed by atoms with Crippen molar-refractivity contribution in [2.75, 3.05) is 0 Å². The van der Waals surface area contributed by atoms with E-state index in [9.17, 15) is 13.2 Å². The van der Waals surface area contributed by atoms with E-state index in [1.54, 1.807) is 6.21 Å². The number of hydrogen-bond donors (Lipinski definition) is 0. The minimum Gasteiger partial charge on any atom is -0.236 e. The molecule has 0 spiro atoms.